The molecule has 0 heterocycles. The fraction of sp³-hybridized carbons (Fsp3) is 0.278. The molecule has 0 aliphatic heterocycles. The van der Waals surface area contributed by atoms with E-state index in [-0.39, 0.29) is 12.1 Å². The summed E-state index contributed by atoms with van der Waals surface area (Å²) in [5, 5.41) is 6.52. The summed E-state index contributed by atoms with van der Waals surface area (Å²) in [5.41, 5.74) is 1.83. The Bertz CT molecular complexity index is 596. The molecule has 0 fully saturated rings. The van der Waals surface area contributed by atoms with Crippen LogP contribution in [0.25, 0.3) is 0 Å². The fourth-order valence-electron chi connectivity index (χ4n) is 2.29. The Morgan fingerprint density at radius 1 is 1.05 bits per heavy atom. The molecule has 2 N–H and O–H groups in total. The molecule has 2 amide bonds. The Balaban J connectivity index is 2.03. The summed E-state index contributed by atoms with van der Waals surface area (Å²) in [5.74, 6) is 0.487. The van der Waals surface area contributed by atoms with Gasteiger partial charge in [-0.1, -0.05) is 55.8 Å². The quantitative estimate of drug-likeness (QED) is 0.777. The zero-order valence-corrected chi connectivity index (χ0v) is 13.6. The first-order chi connectivity index (χ1) is 10.5. The van der Waals surface area contributed by atoms with Crippen molar-refractivity contribution in [1.29, 1.82) is 0 Å². The van der Waals surface area contributed by atoms with E-state index >= 15 is 0 Å². The highest BCUT2D eigenvalue weighted by Gasteiger charge is 2.15. The van der Waals surface area contributed by atoms with Gasteiger partial charge in [-0.2, -0.15) is 0 Å². The molecule has 4 heteroatoms. The Labute approximate surface area is 136 Å². The number of amides is 2. The molecule has 2 aromatic rings. The third kappa shape index (κ3) is 5.08. The van der Waals surface area contributed by atoms with Crippen LogP contribution < -0.4 is 10.6 Å². The SMILES string of the molecule is CC(C)CC(NC(=O)Nc1ccc(Cl)cc1)c1ccccc1. The van der Waals surface area contributed by atoms with E-state index < -0.39 is 0 Å². The molecule has 2 rings (SSSR count). The van der Waals surface area contributed by atoms with Gasteiger partial charge >= 0.3 is 6.03 Å². The van der Waals surface area contributed by atoms with Gasteiger partial charge in [0.25, 0.3) is 0 Å². The number of urea groups is 1. The molecule has 0 aromatic heterocycles. The van der Waals surface area contributed by atoms with Crippen LogP contribution in [0, 0.1) is 5.92 Å². The number of hydrogen-bond donors (Lipinski definition) is 2. The molecule has 3 nitrogen and oxygen atoms in total. The summed E-state index contributed by atoms with van der Waals surface area (Å²) in [6, 6.07) is 16.9. The van der Waals surface area contributed by atoms with Crippen LogP contribution >= 0.6 is 11.6 Å². The van der Waals surface area contributed by atoms with Crippen LogP contribution in [-0.4, -0.2) is 6.03 Å². The second-order valence-corrected chi connectivity index (χ2v) is 6.13. The minimum Gasteiger partial charge on any atom is -0.331 e. The first-order valence-corrected chi connectivity index (χ1v) is 7.80. The molecule has 1 atom stereocenters. The molecule has 1 unspecified atom stereocenters. The van der Waals surface area contributed by atoms with Crippen LogP contribution in [0.4, 0.5) is 10.5 Å². The number of halogens is 1. The number of carbonyl (C=O) groups is 1. The van der Waals surface area contributed by atoms with Crippen molar-refractivity contribution < 1.29 is 4.79 Å². The summed E-state index contributed by atoms with van der Waals surface area (Å²) in [6.45, 7) is 4.30. The van der Waals surface area contributed by atoms with Crippen molar-refractivity contribution in [3.05, 3.63) is 65.2 Å². The molecule has 2 aromatic carbocycles. The second-order valence-electron chi connectivity index (χ2n) is 5.70. The van der Waals surface area contributed by atoms with E-state index in [4.69, 9.17) is 11.6 Å². The van der Waals surface area contributed by atoms with Gasteiger partial charge in [-0.15, -0.1) is 0 Å². The Morgan fingerprint density at radius 3 is 2.27 bits per heavy atom. The van der Waals surface area contributed by atoms with Gasteiger partial charge in [-0.25, -0.2) is 4.79 Å². The lowest BCUT2D eigenvalue weighted by atomic mass is 9.97. The van der Waals surface area contributed by atoms with E-state index in [1.165, 1.54) is 0 Å². The van der Waals surface area contributed by atoms with Gasteiger partial charge in [-0.05, 0) is 42.2 Å². The Hall–Kier alpha value is -2.00. The number of benzene rings is 2. The van der Waals surface area contributed by atoms with E-state index in [1.54, 1.807) is 24.3 Å². The predicted octanol–water partition coefficient (Wildman–Crippen LogP) is 5.25. The maximum Gasteiger partial charge on any atom is 0.319 e. The zero-order valence-electron chi connectivity index (χ0n) is 12.8. The van der Waals surface area contributed by atoms with Crippen molar-refractivity contribution in [2.45, 2.75) is 26.3 Å². The highest BCUT2D eigenvalue weighted by molar-refractivity contribution is 6.30. The molecular weight excluding hydrogens is 296 g/mol. The fourth-order valence-corrected chi connectivity index (χ4v) is 2.42. The summed E-state index contributed by atoms with van der Waals surface area (Å²) in [6.07, 6.45) is 0.887. The van der Waals surface area contributed by atoms with Crippen molar-refractivity contribution in [2.24, 2.45) is 5.92 Å². The molecule has 0 aliphatic rings. The molecule has 0 bridgehead atoms. The smallest absolute Gasteiger partial charge is 0.319 e. The molecular formula is C18H21ClN2O. The lowest BCUT2D eigenvalue weighted by Gasteiger charge is -2.21. The highest BCUT2D eigenvalue weighted by Crippen LogP contribution is 2.21. The summed E-state index contributed by atoms with van der Waals surface area (Å²) in [7, 11) is 0. The van der Waals surface area contributed by atoms with Gasteiger partial charge < -0.3 is 10.6 Å². The lowest BCUT2D eigenvalue weighted by molar-refractivity contribution is 0.246. The maximum atomic E-state index is 12.2. The van der Waals surface area contributed by atoms with E-state index in [1.807, 2.05) is 30.3 Å². The van der Waals surface area contributed by atoms with Gasteiger partial charge in [0, 0.05) is 10.7 Å². The largest absolute Gasteiger partial charge is 0.331 e. The summed E-state index contributed by atoms with van der Waals surface area (Å²) >= 11 is 5.84. The van der Waals surface area contributed by atoms with Crippen molar-refractivity contribution in [1.82, 2.24) is 5.32 Å². The van der Waals surface area contributed by atoms with Crippen molar-refractivity contribution in [2.75, 3.05) is 5.32 Å². The number of anilines is 1. The average molecular weight is 317 g/mol. The maximum absolute atomic E-state index is 12.2. The molecule has 116 valence electrons. The van der Waals surface area contributed by atoms with Crippen molar-refractivity contribution in [3.8, 4) is 0 Å². The molecule has 0 radical (unpaired) electrons. The first kappa shape index (κ1) is 16.4. The van der Waals surface area contributed by atoms with Crippen LogP contribution in [0.15, 0.2) is 54.6 Å². The van der Waals surface area contributed by atoms with E-state index in [9.17, 15) is 4.79 Å². The van der Waals surface area contributed by atoms with Crippen molar-refractivity contribution >= 4 is 23.3 Å². The molecule has 0 saturated carbocycles. The normalized spacial score (nSPS) is 12.0. The topological polar surface area (TPSA) is 41.1 Å². The van der Waals surface area contributed by atoms with E-state index in [2.05, 4.69) is 24.5 Å². The van der Waals surface area contributed by atoms with Crippen LogP contribution in [0.1, 0.15) is 31.9 Å². The highest BCUT2D eigenvalue weighted by atomic mass is 35.5. The van der Waals surface area contributed by atoms with Crippen LogP contribution in [0.2, 0.25) is 5.02 Å². The van der Waals surface area contributed by atoms with E-state index in [0.717, 1.165) is 17.7 Å². The summed E-state index contributed by atoms with van der Waals surface area (Å²) < 4.78 is 0. The monoisotopic (exact) mass is 316 g/mol. The summed E-state index contributed by atoms with van der Waals surface area (Å²) in [4.78, 5) is 12.2. The second kappa shape index (κ2) is 7.85. The minimum atomic E-state index is -0.211. The van der Waals surface area contributed by atoms with Gasteiger partial charge in [0.1, 0.15) is 0 Å². The molecule has 0 spiro atoms. The molecule has 0 aliphatic carbocycles. The number of hydrogen-bond acceptors (Lipinski definition) is 1. The first-order valence-electron chi connectivity index (χ1n) is 7.42. The number of carbonyl (C=O) groups excluding carboxylic acids is 1. The number of rotatable bonds is 5. The Morgan fingerprint density at radius 2 is 1.68 bits per heavy atom. The zero-order chi connectivity index (χ0) is 15.9. The Kier molecular flexibility index (Phi) is 5.84. The van der Waals surface area contributed by atoms with Crippen LogP contribution in [-0.2, 0) is 0 Å². The predicted molar refractivity (Wildman–Crippen MR) is 92.2 cm³/mol. The third-order valence-corrected chi connectivity index (χ3v) is 3.57. The molecule has 22 heavy (non-hydrogen) atoms. The average Bonchev–Trinajstić information content (AvgIpc) is 2.49. The van der Waals surface area contributed by atoms with Gasteiger partial charge in [0.15, 0.2) is 0 Å². The van der Waals surface area contributed by atoms with Gasteiger partial charge in [0.05, 0.1) is 6.04 Å². The van der Waals surface area contributed by atoms with Crippen LogP contribution in [0.5, 0.6) is 0 Å². The lowest BCUT2D eigenvalue weighted by Crippen LogP contribution is -2.33. The van der Waals surface area contributed by atoms with Gasteiger partial charge in [-0.3, -0.25) is 0 Å². The number of nitrogens with one attached hydrogen (secondary N) is 2. The molecule has 0 saturated heterocycles. The van der Waals surface area contributed by atoms with Crippen LogP contribution in [0.3, 0.4) is 0 Å². The van der Waals surface area contributed by atoms with E-state index in [0.29, 0.717) is 10.9 Å². The van der Waals surface area contributed by atoms with Crippen molar-refractivity contribution in [3.63, 3.8) is 0 Å². The standard InChI is InChI=1S/C18H21ClN2O/c1-13(2)12-17(14-6-4-3-5-7-14)21-18(22)20-16-10-8-15(19)9-11-16/h3-11,13,17H,12H2,1-2H3,(H2,20,21,22). The minimum absolute atomic E-state index is 0.00602. The van der Waals surface area contributed by atoms with Gasteiger partial charge in [0.2, 0.25) is 0 Å². The third-order valence-electron chi connectivity index (χ3n) is 3.32.